The van der Waals surface area contributed by atoms with E-state index in [1.165, 1.54) is 6.42 Å². The van der Waals surface area contributed by atoms with Crippen molar-refractivity contribution in [3.05, 3.63) is 0 Å². The Bertz CT molecular complexity index is 661. The van der Waals surface area contributed by atoms with Crippen LogP contribution in [0.3, 0.4) is 0 Å². The lowest BCUT2D eigenvalue weighted by atomic mass is 9.63. The summed E-state index contributed by atoms with van der Waals surface area (Å²) >= 11 is 0. The van der Waals surface area contributed by atoms with Crippen molar-refractivity contribution in [3.63, 3.8) is 0 Å². The summed E-state index contributed by atoms with van der Waals surface area (Å²) in [6.45, 7) is 35.0. The fraction of sp³-hybridized carbons (Fsp3) is 0.933. The van der Waals surface area contributed by atoms with Crippen LogP contribution in [0.5, 0.6) is 0 Å². The van der Waals surface area contributed by atoms with Crippen molar-refractivity contribution in [2.45, 2.75) is 141 Å². The molecule has 0 fully saturated rings. The van der Waals surface area contributed by atoms with Gasteiger partial charge in [-0.05, 0) is 56.3 Å². The largest absolute Gasteiger partial charge is 0.355 e. The van der Waals surface area contributed by atoms with E-state index >= 15 is 0 Å². The maximum atomic E-state index is 13.1. The lowest BCUT2D eigenvalue weighted by Crippen LogP contribution is -2.50. The van der Waals surface area contributed by atoms with E-state index in [9.17, 15) is 9.59 Å². The maximum absolute atomic E-state index is 13.1. The number of amides is 1. The molecular formula is C30H61NO2S2. The van der Waals surface area contributed by atoms with Crippen molar-refractivity contribution < 1.29 is 9.59 Å². The number of ketones is 1. The van der Waals surface area contributed by atoms with E-state index in [0.29, 0.717) is 6.54 Å². The van der Waals surface area contributed by atoms with Crippen LogP contribution in [0.1, 0.15) is 136 Å². The maximum Gasteiger partial charge on any atom is 0.226 e. The second-order valence-electron chi connectivity index (χ2n) is 14.5. The van der Waals surface area contributed by atoms with E-state index in [1.54, 1.807) is 6.92 Å². The van der Waals surface area contributed by atoms with Crippen molar-refractivity contribution in [3.8, 4) is 0 Å². The van der Waals surface area contributed by atoms with Gasteiger partial charge >= 0.3 is 0 Å². The van der Waals surface area contributed by atoms with Gasteiger partial charge < -0.3 is 5.32 Å². The van der Waals surface area contributed by atoms with Gasteiger partial charge in [0.15, 0.2) is 0 Å². The molecule has 0 atom stereocenters. The average molecular weight is 532 g/mol. The summed E-state index contributed by atoms with van der Waals surface area (Å²) in [6.07, 6.45) is 4.11. The first kappa shape index (κ1) is 37.0. The zero-order valence-electron chi connectivity index (χ0n) is 26.4. The lowest BCUT2D eigenvalue weighted by molar-refractivity contribution is -0.136. The Balaban J connectivity index is 0. The zero-order chi connectivity index (χ0) is 28.5. The molecule has 0 heterocycles. The highest BCUT2D eigenvalue weighted by molar-refractivity contribution is 8.77. The molecule has 1 amide bonds. The molecule has 210 valence electrons. The first-order chi connectivity index (χ1) is 15.4. The zero-order valence-corrected chi connectivity index (χ0v) is 28.0. The van der Waals surface area contributed by atoms with E-state index < -0.39 is 5.41 Å². The number of carbonyl (C=O) groups is 2. The van der Waals surface area contributed by atoms with Crippen molar-refractivity contribution >= 4 is 33.3 Å². The predicted molar refractivity (Wildman–Crippen MR) is 162 cm³/mol. The molecule has 0 aliphatic heterocycles. The van der Waals surface area contributed by atoms with Crippen molar-refractivity contribution in [1.29, 1.82) is 0 Å². The predicted octanol–water partition coefficient (Wildman–Crippen LogP) is 9.59. The Morgan fingerprint density at radius 3 is 1.60 bits per heavy atom. The first-order valence-corrected chi connectivity index (χ1v) is 15.8. The number of hydrogen-bond acceptors (Lipinski definition) is 4. The molecule has 0 aliphatic carbocycles. The molecule has 35 heavy (non-hydrogen) atoms. The van der Waals surface area contributed by atoms with Gasteiger partial charge in [-0.2, -0.15) is 0 Å². The van der Waals surface area contributed by atoms with Crippen LogP contribution in [0.15, 0.2) is 0 Å². The summed E-state index contributed by atoms with van der Waals surface area (Å²) in [5.41, 5.74) is -0.703. The second-order valence-corrected chi connectivity index (χ2v) is 17.5. The van der Waals surface area contributed by atoms with E-state index in [1.807, 2.05) is 21.6 Å². The number of nitrogens with one attached hydrogen (secondary N) is 1. The fourth-order valence-electron chi connectivity index (χ4n) is 4.01. The Morgan fingerprint density at radius 1 is 0.743 bits per heavy atom. The number of carbonyl (C=O) groups excluding carboxylic acids is 2. The molecule has 0 saturated carbocycles. The van der Waals surface area contributed by atoms with Gasteiger partial charge in [-0.15, -0.1) is 0 Å². The van der Waals surface area contributed by atoms with Crippen LogP contribution in [0.25, 0.3) is 0 Å². The van der Waals surface area contributed by atoms with Crippen LogP contribution < -0.4 is 5.32 Å². The minimum absolute atomic E-state index is 0.0284. The van der Waals surface area contributed by atoms with E-state index in [0.717, 1.165) is 25.0 Å². The minimum Gasteiger partial charge on any atom is -0.355 e. The number of hydrogen-bond donors (Lipinski definition) is 1. The Labute approximate surface area is 228 Å². The van der Waals surface area contributed by atoms with Crippen LogP contribution >= 0.6 is 21.6 Å². The SMILES string of the molecule is CCC.CCC(C)(C)CNC(=O)C(C)(C)C(C)(C)CC(C)(C)SSCC(C)(C)CC(C)(C)C(C)=O. The molecule has 0 aromatic heterocycles. The van der Waals surface area contributed by atoms with Crippen molar-refractivity contribution in [2.75, 3.05) is 12.3 Å². The topological polar surface area (TPSA) is 46.2 Å². The molecular weight excluding hydrogens is 470 g/mol. The van der Waals surface area contributed by atoms with Crippen molar-refractivity contribution in [1.82, 2.24) is 5.32 Å². The highest BCUT2D eigenvalue weighted by Crippen LogP contribution is 2.51. The third kappa shape index (κ3) is 13.8. The Kier molecular flexibility index (Phi) is 14.9. The summed E-state index contributed by atoms with van der Waals surface area (Å²) in [7, 11) is 3.82. The number of rotatable bonds is 14. The smallest absolute Gasteiger partial charge is 0.226 e. The van der Waals surface area contributed by atoms with Gasteiger partial charge in [0.1, 0.15) is 5.78 Å². The van der Waals surface area contributed by atoms with Crippen LogP contribution in [-0.2, 0) is 9.59 Å². The summed E-state index contributed by atoms with van der Waals surface area (Å²) in [5, 5.41) is 3.22. The van der Waals surface area contributed by atoms with Crippen LogP contribution in [-0.4, -0.2) is 28.7 Å². The molecule has 5 heteroatoms. The van der Waals surface area contributed by atoms with Gasteiger partial charge in [-0.1, -0.05) is 118 Å². The van der Waals surface area contributed by atoms with Gasteiger partial charge in [0.25, 0.3) is 0 Å². The summed E-state index contributed by atoms with van der Waals surface area (Å²) in [6, 6.07) is 0. The quantitative estimate of drug-likeness (QED) is 0.227. The van der Waals surface area contributed by atoms with E-state index in [2.05, 4.69) is 109 Å². The summed E-state index contributed by atoms with van der Waals surface area (Å²) in [5.74, 6) is 1.40. The first-order valence-electron chi connectivity index (χ1n) is 13.5. The van der Waals surface area contributed by atoms with E-state index in [-0.39, 0.29) is 38.1 Å². The molecule has 0 aromatic carbocycles. The molecule has 0 aliphatic rings. The summed E-state index contributed by atoms with van der Waals surface area (Å²) < 4.78 is 0.0284. The molecule has 0 bridgehead atoms. The van der Waals surface area contributed by atoms with Gasteiger partial charge in [0.05, 0.1) is 0 Å². The molecule has 0 radical (unpaired) electrons. The summed E-state index contributed by atoms with van der Waals surface area (Å²) in [4.78, 5) is 25.1. The normalized spacial score (nSPS) is 13.7. The number of Topliss-reactive ketones (excluding diaryl/α,β-unsaturated/α-hetero) is 1. The standard InChI is InChI=1S/C27H53NO2S2.C3H8/c1-15-22(3,4)18-28-21(30)27(13,14)25(9,10)17-26(11,12)32-31-19-23(5,6)16-24(7,8)20(2)29;1-3-2/h15-19H2,1-14H3,(H,28,30);3H2,1-2H3. The minimum atomic E-state index is -0.468. The second kappa shape index (κ2) is 14.1. The molecule has 0 rings (SSSR count). The molecule has 1 N–H and O–H groups in total. The molecule has 0 unspecified atom stereocenters. The van der Waals surface area contributed by atoms with Crippen LogP contribution in [0, 0.1) is 27.1 Å². The molecule has 0 spiro atoms. The lowest BCUT2D eigenvalue weighted by Gasteiger charge is -2.45. The molecule has 0 aromatic rings. The van der Waals surface area contributed by atoms with Gasteiger partial charge in [-0.25, -0.2) is 0 Å². The average Bonchev–Trinajstić information content (AvgIpc) is 2.64. The fourth-order valence-corrected chi connectivity index (χ4v) is 7.49. The molecule has 0 saturated heterocycles. The van der Waals surface area contributed by atoms with E-state index in [4.69, 9.17) is 0 Å². The Morgan fingerprint density at radius 2 is 1.20 bits per heavy atom. The van der Waals surface area contributed by atoms with Gasteiger partial charge in [-0.3, -0.25) is 9.59 Å². The van der Waals surface area contributed by atoms with Crippen LogP contribution in [0.2, 0.25) is 0 Å². The van der Waals surface area contributed by atoms with Gasteiger partial charge in [0, 0.05) is 27.9 Å². The third-order valence-electron chi connectivity index (χ3n) is 7.42. The Hall–Kier alpha value is -0.160. The van der Waals surface area contributed by atoms with Gasteiger partial charge in [0.2, 0.25) is 5.91 Å². The van der Waals surface area contributed by atoms with Crippen LogP contribution in [0.4, 0.5) is 0 Å². The monoisotopic (exact) mass is 531 g/mol. The van der Waals surface area contributed by atoms with Crippen molar-refractivity contribution in [2.24, 2.45) is 27.1 Å². The highest BCUT2D eigenvalue weighted by Gasteiger charge is 2.46. The highest BCUT2D eigenvalue weighted by atomic mass is 33.1. The third-order valence-corrected chi connectivity index (χ3v) is 11.1. The molecule has 3 nitrogen and oxygen atoms in total.